The minimum absolute atomic E-state index is 0.467. The molecule has 0 aromatic carbocycles. The molecule has 2 atom stereocenters. The van der Waals surface area contributed by atoms with Crippen LogP contribution in [0.5, 0.6) is 0 Å². The van der Waals surface area contributed by atoms with Crippen molar-refractivity contribution in [2.75, 3.05) is 12.0 Å². The molecule has 0 bridgehead atoms. The lowest BCUT2D eigenvalue weighted by molar-refractivity contribution is -0.161. The van der Waals surface area contributed by atoms with E-state index in [1.165, 1.54) is 11.8 Å². The smallest absolute Gasteiger partial charge is 0.408 e. The average molecular weight is 305 g/mol. The first kappa shape index (κ1) is 17.1. The van der Waals surface area contributed by atoms with E-state index < -0.39 is 35.6 Å². The Kier molecular flexibility index (Phi) is 5.32. The molecule has 1 saturated heterocycles. The molecule has 1 rings (SSSR count). The van der Waals surface area contributed by atoms with E-state index >= 15 is 0 Å². The van der Waals surface area contributed by atoms with E-state index in [0.717, 1.165) is 0 Å². The maximum Gasteiger partial charge on any atom is 0.408 e. The van der Waals surface area contributed by atoms with Crippen LogP contribution in [0.2, 0.25) is 0 Å². The molecule has 1 amide bonds. The summed E-state index contributed by atoms with van der Waals surface area (Å²) in [5.41, 5.74) is -0.593. The third-order valence-corrected chi connectivity index (χ3v) is 3.10. The van der Waals surface area contributed by atoms with Gasteiger partial charge in [-0.05, 0) is 27.0 Å². The fourth-order valence-electron chi connectivity index (χ4n) is 1.77. The summed E-state index contributed by atoms with van der Waals surface area (Å²) >= 11 is 1.50. The van der Waals surface area contributed by atoms with Gasteiger partial charge in [-0.3, -0.25) is 0 Å². The van der Waals surface area contributed by atoms with E-state index in [1.807, 2.05) is 6.26 Å². The first-order valence-corrected chi connectivity index (χ1v) is 7.82. The lowest BCUT2D eigenvalue weighted by atomic mass is 10.2. The predicted octanol–water partition coefficient (Wildman–Crippen LogP) is 1.92. The first-order chi connectivity index (χ1) is 9.04. The number of nitrogens with one attached hydrogen (secondary N) is 1. The van der Waals surface area contributed by atoms with Crippen LogP contribution in [0.1, 0.15) is 34.6 Å². The molecule has 0 aromatic rings. The van der Waals surface area contributed by atoms with E-state index in [-0.39, 0.29) is 0 Å². The quantitative estimate of drug-likeness (QED) is 0.800. The van der Waals surface area contributed by atoms with E-state index in [1.54, 1.807) is 34.6 Å². The molecule has 1 heterocycles. The molecule has 0 radical (unpaired) electrons. The fourth-order valence-corrected chi connectivity index (χ4v) is 2.39. The van der Waals surface area contributed by atoms with Crippen LogP contribution in [-0.2, 0) is 19.0 Å². The predicted molar refractivity (Wildman–Crippen MR) is 76.6 cm³/mol. The van der Waals surface area contributed by atoms with Crippen molar-refractivity contribution in [3.63, 3.8) is 0 Å². The van der Waals surface area contributed by atoms with Crippen LogP contribution >= 0.6 is 11.8 Å². The Hall–Kier alpha value is -0.950. The molecule has 2 unspecified atom stereocenters. The third-order valence-electron chi connectivity index (χ3n) is 2.40. The standard InChI is InChI=1S/C13H23NO5S/c1-12(2,3)19-11(16)14-8(7-20-6)9-10(15)18-13(4,5)17-9/h8-9H,7H2,1-6H3,(H,14,16). The normalized spacial score (nSPS) is 23.1. The zero-order valence-corrected chi connectivity index (χ0v) is 13.6. The van der Waals surface area contributed by atoms with Gasteiger partial charge in [0.15, 0.2) is 6.10 Å². The molecular formula is C13H23NO5S. The number of ether oxygens (including phenoxy) is 3. The zero-order chi connectivity index (χ0) is 15.6. The summed E-state index contributed by atoms with van der Waals surface area (Å²) in [4.78, 5) is 23.6. The van der Waals surface area contributed by atoms with Crippen molar-refractivity contribution in [1.82, 2.24) is 5.32 Å². The van der Waals surface area contributed by atoms with Gasteiger partial charge in [-0.25, -0.2) is 9.59 Å². The molecule has 6 nitrogen and oxygen atoms in total. The summed E-state index contributed by atoms with van der Waals surface area (Å²) in [6.07, 6.45) is 0.498. The van der Waals surface area contributed by atoms with Crippen molar-refractivity contribution in [3.05, 3.63) is 0 Å². The molecule has 116 valence electrons. The maximum absolute atomic E-state index is 11.8. The Morgan fingerprint density at radius 2 is 2.10 bits per heavy atom. The molecule has 1 fully saturated rings. The Labute approximate surface area is 123 Å². The number of esters is 1. The second kappa shape index (κ2) is 6.22. The SMILES string of the molecule is CSCC(NC(=O)OC(C)(C)C)C1OC(C)(C)OC1=O. The molecule has 1 aliphatic rings. The Bertz CT molecular complexity index is 377. The van der Waals surface area contributed by atoms with Crippen LogP contribution in [0.15, 0.2) is 0 Å². The van der Waals surface area contributed by atoms with Crippen LogP contribution in [0.25, 0.3) is 0 Å². The number of carbonyl (C=O) groups excluding carboxylic acids is 2. The second-order valence-corrected chi connectivity index (χ2v) is 6.98. The summed E-state index contributed by atoms with van der Waals surface area (Å²) in [5, 5.41) is 2.68. The van der Waals surface area contributed by atoms with E-state index in [4.69, 9.17) is 14.2 Å². The summed E-state index contributed by atoms with van der Waals surface area (Å²) in [6.45, 7) is 8.65. The van der Waals surface area contributed by atoms with Gasteiger partial charge in [0.1, 0.15) is 5.60 Å². The highest BCUT2D eigenvalue weighted by atomic mass is 32.2. The number of hydrogen-bond acceptors (Lipinski definition) is 6. The summed E-state index contributed by atoms with van der Waals surface area (Å²) < 4.78 is 15.9. The van der Waals surface area contributed by atoms with Gasteiger partial charge in [0, 0.05) is 19.6 Å². The van der Waals surface area contributed by atoms with Gasteiger partial charge in [0.05, 0.1) is 6.04 Å². The molecule has 0 spiro atoms. The Morgan fingerprint density at radius 1 is 1.50 bits per heavy atom. The molecule has 20 heavy (non-hydrogen) atoms. The lowest BCUT2D eigenvalue weighted by Gasteiger charge is -2.25. The number of rotatable bonds is 4. The lowest BCUT2D eigenvalue weighted by Crippen LogP contribution is -2.49. The van der Waals surface area contributed by atoms with E-state index in [2.05, 4.69) is 5.32 Å². The van der Waals surface area contributed by atoms with Gasteiger partial charge < -0.3 is 19.5 Å². The number of hydrogen-bond donors (Lipinski definition) is 1. The van der Waals surface area contributed by atoms with Gasteiger partial charge in [0.2, 0.25) is 5.79 Å². The maximum atomic E-state index is 11.8. The highest BCUT2D eigenvalue weighted by molar-refractivity contribution is 7.98. The molecule has 1 aliphatic heterocycles. The van der Waals surface area contributed by atoms with Gasteiger partial charge >= 0.3 is 12.1 Å². The van der Waals surface area contributed by atoms with Crippen LogP contribution in [0, 0.1) is 0 Å². The minimum Gasteiger partial charge on any atom is -0.444 e. The van der Waals surface area contributed by atoms with Gasteiger partial charge in [0.25, 0.3) is 0 Å². The van der Waals surface area contributed by atoms with Gasteiger partial charge in [-0.2, -0.15) is 11.8 Å². The molecule has 1 N–H and O–H groups in total. The van der Waals surface area contributed by atoms with Crippen LogP contribution in [-0.4, -0.2) is 47.6 Å². The Balaban J connectivity index is 2.70. The summed E-state index contributed by atoms with van der Waals surface area (Å²) in [6, 6.07) is -0.492. The second-order valence-electron chi connectivity index (χ2n) is 6.07. The third kappa shape index (κ3) is 5.20. The monoisotopic (exact) mass is 305 g/mol. The number of alkyl carbamates (subject to hydrolysis) is 1. The van der Waals surface area contributed by atoms with Crippen LogP contribution in [0.3, 0.4) is 0 Å². The highest BCUT2D eigenvalue weighted by Crippen LogP contribution is 2.26. The molecule has 0 aliphatic carbocycles. The molecule has 0 saturated carbocycles. The van der Waals surface area contributed by atoms with Crippen LogP contribution < -0.4 is 5.32 Å². The van der Waals surface area contributed by atoms with Crippen molar-refractivity contribution >= 4 is 23.8 Å². The zero-order valence-electron chi connectivity index (χ0n) is 12.8. The van der Waals surface area contributed by atoms with Crippen molar-refractivity contribution in [2.45, 2.75) is 58.2 Å². The van der Waals surface area contributed by atoms with Gasteiger partial charge in [-0.15, -0.1) is 0 Å². The van der Waals surface area contributed by atoms with Crippen molar-refractivity contribution in [2.24, 2.45) is 0 Å². The van der Waals surface area contributed by atoms with Crippen molar-refractivity contribution < 1.29 is 23.8 Å². The summed E-state index contributed by atoms with van der Waals surface area (Å²) in [5.74, 6) is -0.909. The number of amides is 1. The highest BCUT2D eigenvalue weighted by Gasteiger charge is 2.45. The topological polar surface area (TPSA) is 73.9 Å². The minimum atomic E-state index is -0.964. The number of carbonyl (C=O) groups is 2. The van der Waals surface area contributed by atoms with E-state index in [9.17, 15) is 9.59 Å². The molecular weight excluding hydrogens is 282 g/mol. The average Bonchev–Trinajstić information content (AvgIpc) is 2.48. The first-order valence-electron chi connectivity index (χ1n) is 6.43. The number of thioether (sulfide) groups is 1. The fraction of sp³-hybridized carbons (Fsp3) is 0.846. The van der Waals surface area contributed by atoms with Gasteiger partial charge in [-0.1, -0.05) is 0 Å². The van der Waals surface area contributed by atoms with E-state index in [0.29, 0.717) is 5.75 Å². The van der Waals surface area contributed by atoms with Crippen LogP contribution in [0.4, 0.5) is 4.79 Å². The van der Waals surface area contributed by atoms with Crippen molar-refractivity contribution in [3.8, 4) is 0 Å². The molecule has 7 heteroatoms. The Morgan fingerprint density at radius 3 is 2.50 bits per heavy atom. The summed E-state index contributed by atoms with van der Waals surface area (Å²) in [7, 11) is 0. The number of cyclic esters (lactones) is 1. The van der Waals surface area contributed by atoms with Crippen molar-refractivity contribution in [1.29, 1.82) is 0 Å². The molecule has 0 aromatic heterocycles. The largest absolute Gasteiger partial charge is 0.444 e.